The number of hydrogen-bond donors (Lipinski definition) is 3. The van der Waals surface area contributed by atoms with Crippen molar-refractivity contribution < 1.29 is 9.84 Å². The summed E-state index contributed by atoms with van der Waals surface area (Å²) in [6.45, 7) is 0.997. The molecule has 0 aromatic heterocycles. The van der Waals surface area contributed by atoms with Crippen LogP contribution in [0, 0.1) is 5.92 Å². The van der Waals surface area contributed by atoms with E-state index in [1.165, 1.54) is 12.8 Å². The quantitative estimate of drug-likeness (QED) is 0.687. The Balaban J connectivity index is 1.92. The maximum absolute atomic E-state index is 9.41. The third kappa shape index (κ3) is 3.05. The first-order valence-electron chi connectivity index (χ1n) is 7.34. The Morgan fingerprint density at radius 2 is 2.00 bits per heavy atom. The smallest absolute Gasteiger partial charge is 0.0572 e. The van der Waals surface area contributed by atoms with Crippen LogP contribution in [0.4, 0.5) is 0 Å². The van der Waals surface area contributed by atoms with Crippen LogP contribution in [0.25, 0.3) is 0 Å². The van der Waals surface area contributed by atoms with Gasteiger partial charge < -0.3 is 20.9 Å². The van der Waals surface area contributed by atoms with Gasteiger partial charge in [0.2, 0.25) is 0 Å². The van der Waals surface area contributed by atoms with Gasteiger partial charge in [0.05, 0.1) is 6.10 Å². The lowest BCUT2D eigenvalue weighted by atomic mass is 9.79. The zero-order chi connectivity index (χ0) is 13.0. The molecular weight excluding hydrogens is 228 g/mol. The van der Waals surface area contributed by atoms with Crippen LogP contribution in [-0.2, 0) is 4.74 Å². The topological polar surface area (TPSA) is 67.5 Å². The van der Waals surface area contributed by atoms with Crippen molar-refractivity contribution in [2.24, 2.45) is 11.7 Å². The van der Waals surface area contributed by atoms with E-state index in [0.29, 0.717) is 31.2 Å². The number of nitrogens with two attached hydrogens (primary N) is 1. The van der Waals surface area contributed by atoms with Gasteiger partial charge in [-0.1, -0.05) is 6.42 Å². The number of rotatable bonds is 5. The molecule has 0 spiro atoms. The maximum Gasteiger partial charge on any atom is 0.0572 e. The van der Waals surface area contributed by atoms with E-state index in [1.807, 2.05) is 0 Å². The molecule has 106 valence electrons. The van der Waals surface area contributed by atoms with E-state index >= 15 is 0 Å². The molecule has 0 bridgehead atoms. The summed E-state index contributed by atoms with van der Waals surface area (Å²) < 4.78 is 5.43. The number of aliphatic hydroxyl groups excluding tert-OH is 1. The second-order valence-corrected chi connectivity index (χ2v) is 6.04. The van der Waals surface area contributed by atoms with Crippen molar-refractivity contribution in [3.05, 3.63) is 0 Å². The van der Waals surface area contributed by atoms with Crippen molar-refractivity contribution in [2.75, 3.05) is 20.3 Å². The van der Waals surface area contributed by atoms with Gasteiger partial charge in [-0.2, -0.15) is 0 Å². The fourth-order valence-electron chi connectivity index (χ4n) is 3.63. The molecular formula is C14H28N2O2. The lowest BCUT2D eigenvalue weighted by molar-refractivity contribution is 0.0373. The molecule has 18 heavy (non-hydrogen) atoms. The van der Waals surface area contributed by atoms with Crippen molar-refractivity contribution in [2.45, 2.75) is 62.6 Å². The van der Waals surface area contributed by atoms with E-state index in [0.717, 1.165) is 32.1 Å². The Labute approximate surface area is 110 Å². The number of nitrogens with one attached hydrogen (secondary N) is 1. The Hall–Kier alpha value is -0.160. The van der Waals surface area contributed by atoms with Gasteiger partial charge in [0.15, 0.2) is 0 Å². The Morgan fingerprint density at radius 1 is 1.28 bits per heavy atom. The molecule has 2 saturated carbocycles. The van der Waals surface area contributed by atoms with Crippen molar-refractivity contribution in [1.29, 1.82) is 0 Å². The SMILES string of the molecule is COC1CCC(CN)(NC2CCCC2CO)CC1. The highest BCUT2D eigenvalue weighted by molar-refractivity contribution is 4.98. The van der Waals surface area contributed by atoms with Gasteiger partial charge in [0.25, 0.3) is 0 Å². The first-order chi connectivity index (χ1) is 8.73. The minimum absolute atomic E-state index is 0.0808. The van der Waals surface area contributed by atoms with E-state index in [4.69, 9.17) is 10.5 Å². The third-order valence-electron chi connectivity index (χ3n) is 5.00. The second kappa shape index (κ2) is 6.33. The van der Waals surface area contributed by atoms with Crippen LogP contribution in [0.5, 0.6) is 0 Å². The van der Waals surface area contributed by atoms with Crippen molar-refractivity contribution in [3.63, 3.8) is 0 Å². The molecule has 0 aliphatic heterocycles. The van der Waals surface area contributed by atoms with Gasteiger partial charge in [-0.15, -0.1) is 0 Å². The first kappa shape index (κ1) is 14.3. The molecule has 2 atom stereocenters. The summed E-state index contributed by atoms with van der Waals surface area (Å²) in [5, 5.41) is 13.2. The van der Waals surface area contributed by atoms with Crippen molar-refractivity contribution in [3.8, 4) is 0 Å². The molecule has 4 nitrogen and oxygen atoms in total. The predicted octanol–water partition coefficient (Wildman–Crippen LogP) is 1.02. The molecule has 0 aromatic rings. The summed E-state index contributed by atoms with van der Waals surface area (Å²) in [6, 6.07) is 0.456. The zero-order valence-corrected chi connectivity index (χ0v) is 11.5. The van der Waals surface area contributed by atoms with E-state index in [9.17, 15) is 5.11 Å². The number of aliphatic hydroxyl groups is 1. The van der Waals surface area contributed by atoms with Crippen LogP contribution < -0.4 is 11.1 Å². The van der Waals surface area contributed by atoms with Crippen molar-refractivity contribution >= 4 is 0 Å². The van der Waals surface area contributed by atoms with E-state index in [-0.39, 0.29) is 5.54 Å². The Bertz CT molecular complexity index is 252. The number of methoxy groups -OCH3 is 1. The molecule has 2 aliphatic carbocycles. The number of hydrogen-bond acceptors (Lipinski definition) is 4. The summed E-state index contributed by atoms with van der Waals surface area (Å²) in [7, 11) is 1.80. The fraction of sp³-hybridized carbons (Fsp3) is 1.00. The summed E-state index contributed by atoms with van der Waals surface area (Å²) >= 11 is 0. The molecule has 4 N–H and O–H groups in total. The fourth-order valence-corrected chi connectivity index (χ4v) is 3.63. The minimum atomic E-state index is 0.0808. The Kier molecular flexibility index (Phi) is 5.01. The summed E-state index contributed by atoms with van der Waals surface area (Å²) in [4.78, 5) is 0. The minimum Gasteiger partial charge on any atom is -0.396 e. The molecule has 2 aliphatic rings. The van der Waals surface area contributed by atoms with E-state index in [1.54, 1.807) is 7.11 Å². The summed E-state index contributed by atoms with van der Waals surface area (Å²) in [5.41, 5.74) is 6.11. The Morgan fingerprint density at radius 3 is 2.56 bits per heavy atom. The van der Waals surface area contributed by atoms with Gasteiger partial charge in [-0.05, 0) is 44.4 Å². The van der Waals surface area contributed by atoms with Crippen LogP contribution in [0.2, 0.25) is 0 Å². The lowest BCUT2D eigenvalue weighted by Gasteiger charge is -2.42. The maximum atomic E-state index is 9.41. The molecule has 0 amide bonds. The zero-order valence-electron chi connectivity index (χ0n) is 11.5. The van der Waals surface area contributed by atoms with E-state index in [2.05, 4.69) is 5.32 Å². The average molecular weight is 256 g/mol. The van der Waals surface area contributed by atoms with Gasteiger partial charge in [-0.3, -0.25) is 0 Å². The normalized spacial score (nSPS) is 41.2. The molecule has 2 rings (SSSR count). The number of ether oxygens (including phenoxy) is 1. The molecule has 0 saturated heterocycles. The van der Waals surface area contributed by atoms with Crippen molar-refractivity contribution in [1.82, 2.24) is 5.32 Å². The van der Waals surface area contributed by atoms with Gasteiger partial charge >= 0.3 is 0 Å². The largest absolute Gasteiger partial charge is 0.396 e. The molecule has 2 unspecified atom stereocenters. The molecule has 0 aromatic carbocycles. The van der Waals surface area contributed by atoms with Crippen LogP contribution in [-0.4, -0.2) is 43.1 Å². The summed E-state index contributed by atoms with van der Waals surface area (Å²) in [6.07, 6.45) is 8.34. The van der Waals surface area contributed by atoms with Crippen LogP contribution in [0.15, 0.2) is 0 Å². The van der Waals surface area contributed by atoms with Gasteiger partial charge in [0.1, 0.15) is 0 Å². The monoisotopic (exact) mass is 256 g/mol. The van der Waals surface area contributed by atoms with Crippen LogP contribution >= 0.6 is 0 Å². The standard InChI is InChI=1S/C14H28N2O2/c1-18-12-5-7-14(10-15,8-6-12)16-13-4-2-3-11(13)9-17/h11-13,16-17H,2-10,15H2,1H3. The first-order valence-corrected chi connectivity index (χ1v) is 7.34. The predicted molar refractivity (Wildman–Crippen MR) is 72.4 cm³/mol. The third-order valence-corrected chi connectivity index (χ3v) is 5.00. The molecule has 0 radical (unpaired) electrons. The molecule has 4 heteroatoms. The van der Waals surface area contributed by atoms with Crippen LogP contribution in [0.3, 0.4) is 0 Å². The lowest BCUT2D eigenvalue weighted by Crippen LogP contribution is -2.58. The molecule has 2 fully saturated rings. The highest BCUT2D eigenvalue weighted by Gasteiger charge is 2.38. The average Bonchev–Trinajstić information content (AvgIpc) is 2.86. The van der Waals surface area contributed by atoms with Gasteiger partial charge in [-0.25, -0.2) is 0 Å². The van der Waals surface area contributed by atoms with E-state index < -0.39 is 0 Å². The summed E-state index contributed by atoms with van der Waals surface area (Å²) in [5.74, 6) is 0.425. The second-order valence-electron chi connectivity index (χ2n) is 6.04. The highest BCUT2D eigenvalue weighted by atomic mass is 16.5. The van der Waals surface area contributed by atoms with Crippen LogP contribution in [0.1, 0.15) is 44.9 Å². The molecule has 0 heterocycles. The van der Waals surface area contributed by atoms with Gasteiger partial charge in [0, 0.05) is 31.8 Å². The highest BCUT2D eigenvalue weighted by Crippen LogP contribution is 2.33.